The lowest BCUT2D eigenvalue weighted by Gasteiger charge is -2.22. The molecular weight excluding hydrogens is 520 g/mol. The summed E-state index contributed by atoms with van der Waals surface area (Å²) in [6, 6.07) is 15.2. The van der Waals surface area contributed by atoms with Crippen LogP contribution in [0.2, 0.25) is 0 Å². The van der Waals surface area contributed by atoms with Crippen molar-refractivity contribution in [1.82, 2.24) is 5.32 Å². The minimum Gasteiger partial charge on any atom is -0.506 e. The predicted molar refractivity (Wildman–Crippen MR) is 152 cm³/mol. The number of carbonyl (C=O) groups excluding carboxylic acids is 1. The molecule has 0 aromatic heterocycles. The average Bonchev–Trinajstić information content (AvgIpc) is 2.86. The van der Waals surface area contributed by atoms with Gasteiger partial charge < -0.3 is 25.0 Å². The van der Waals surface area contributed by atoms with Gasteiger partial charge in [0.05, 0.1) is 30.2 Å². The van der Waals surface area contributed by atoms with E-state index in [9.17, 15) is 23.4 Å². The topological polar surface area (TPSA) is 134 Å². The SMILES string of the molecule is CCOC(=O)c1ccc(-c2c(C)cc(OCCN[C@@H](C)[C@H](O)c3ccc(O)c(NS(C)(=O)=O)c3)cc2C)cc1. The summed E-state index contributed by atoms with van der Waals surface area (Å²) < 4.78 is 36.3. The number of anilines is 1. The van der Waals surface area contributed by atoms with Gasteiger partial charge in [0.15, 0.2) is 0 Å². The van der Waals surface area contributed by atoms with Crippen molar-refractivity contribution in [3.63, 3.8) is 0 Å². The van der Waals surface area contributed by atoms with Crippen LogP contribution in [0.15, 0.2) is 54.6 Å². The summed E-state index contributed by atoms with van der Waals surface area (Å²) in [5.41, 5.74) is 5.13. The summed E-state index contributed by atoms with van der Waals surface area (Å²) in [4.78, 5) is 11.9. The summed E-state index contributed by atoms with van der Waals surface area (Å²) in [5.74, 6) is 0.158. The number of hydrogen-bond acceptors (Lipinski definition) is 8. The van der Waals surface area contributed by atoms with E-state index in [0.717, 1.165) is 34.3 Å². The highest BCUT2D eigenvalue weighted by Crippen LogP contribution is 2.32. The zero-order chi connectivity index (χ0) is 28.7. The summed E-state index contributed by atoms with van der Waals surface area (Å²) in [5, 5.41) is 23.8. The summed E-state index contributed by atoms with van der Waals surface area (Å²) in [7, 11) is -3.58. The number of ether oxygens (including phenoxy) is 2. The van der Waals surface area contributed by atoms with Crippen LogP contribution < -0.4 is 14.8 Å². The molecule has 0 unspecified atom stereocenters. The van der Waals surface area contributed by atoms with Crippen molar-refractivity contribution in [1.29, 1.82) is 0 Å². The van der Waals surface area contributed by atoms with Crippen LogP contribution in [0.1, 0.15) is 47.0 Å². The molecule has 210 valence electrons. The highest BCUT2D eigenvalue weighted by atomic mass is 32.2. The maximum absolute atomic E-state index is 11.9. The van der Waals surface area contributed by atoms with Crippen molar-refractivity contribution in [3.8, 4) is 22.6 Å². The smallest absolute Gasteiger partial charge is 0.338 e. The molecular formula is C29H36N2O7S. The third-order valence-electron chi connectivity index (χ3n) is 6.16. The van der Waals surface area contributed by atoms with Gasteiger partial charge in [-0.1, -0.05) is 18.2 Å². The van der Waals surface area contributed by atoms with E-state index in [1.165, 1.54) is 12.1 Å². The third-order valence-corrected chi connectivity index (χ3v) is 6.75. The lowest BCUT2D eigenvalue weighted by molar-refractivity contribution is 0.0526. The zero-order valence-electron chi connectivity index (χ0n) is 22.8. The Bertz CT molecular complexity index is 1380. The summed E-state index contributed by atoms with van der Waals surface area (Å²) in [6.45, 7) is 8.75. The van der Waals surface area contributed by atoms with E-state index in [4.69, 9.17) is 9.47 Å². The number of nitrogens with one attached hydrogen (secondary N) is 2. The molecule has 0 radical (unpaired) electrons. The molecule has 0 amide bonds. The van der Waals surface area contributed by atoms with Crippen LogP contribution in [0.5, 0.6) is 11.5 Å². The molecule has 0 aliphatic rings. The van der Waals surface area contributed by atoms with Crippen LogP contribution in [0.3, 0.4) is 0 Å². The maximum atomic E-state index is 11.9. The maximum Gasteiger partial charge on any atom is 0.338 e. The molecule has 10 heteroatoms. The van der Waals surface area contributed by atoms with Crippen molar-refractivity contribution in [2.24, 2.45) is 0 Å². The quantitative estimate of drug-likeness (QED) is 0.147. The van der Waals surface area contributed by atoms with Gasteiger partial charge in [-0.2, -0.15) is 0 Å². The first-order chi connectivity index (χ1) is 18.4. The first-order valence-electron chi connectivity index (χ1n) is 12.6. The van der Waals surface area contributed by atoms with Gasteiger partial charge in [-0.05, 0) is 91.9 Å². The molecule has 4 N–H and O–H groups in total. The molecule has 9 nitrogen and oxygen atoms in total. The van der Waals surface area contributed by atoms with Crippen molar-refractivity contribution < 1.29 is 32.9 Å². The lowest BCUT2D eigenvalue weighted by Crippen LogP contribution is -2.35. The van der Waals surface area contributed by atoms with Crippen molar-refractivity contribution >= 4 is 21.7 Å². The predicted octanol–water partition coefficient (Wildman–Crippen LogP) is 4.31. The van der Waals surface area contributed by atoms with Crippen molar-refractivity contribution in [2.45, 2.75) is 39.8 Å². The molecule has 0 aliphatic carbocycles. The number of rotatable bonds is 12. The van der Waals surface area contributed by atoms with Gasteiger partial charge in [0.1, 0.15) is 18.1 Å². The van der Waals surface area contributed by atoms with Crippen molar-refractivity contribution in [3.05, 3.63) is 76.9 Å². The second-order valence-corrected chi connectivity index (χ2v) is 11.2. The average molecular weight is 557 g/mol. The number of phenols is 1. The Morgan fingerprint density at radius 2 is 1.67 bits per heavy atom. The van der Waals surface area contributed by atoms with E-state index in [0.29, 0.717) is 30.9 Å². The second kappa shape index (κ2) is 13.0. The number of aromatic hydroxyl groups is 1. The first-order valence-corrected chi connectivity index (χ1v) is 14.5. The number of hydrogen-bond donors (Lipinski definition) is 4. The Labute approximate surface area is 229 Å². The molecule has 3 aromatic carbocycles. The fraction of sp³-hybridized carbons (Fsp3) is 0.345. The highest BCUT2D eigenvalue weighted by Gasteiger charge is 2.18. The monoisotopic (exact) mass is 556 g/mol. The normalized spacial score (nSPS) is 13.0. The Morgan fingerprint density at radius 1 is 1.03 bits per heavy atom. The van der Waals surface area contributed by atoms with Crippen molar-refractivity contribution in [2.75, 3.05) is 30.7 Å². The molecule has 39 heavy (non-hydrogen) atoms. The first kappa shape index (κ1) is 29.9. The van der Waals surface area contributed by atoms with Gasteiger partial charge >= 0.3 is 5.97 Å². The molecule has 0 aliphatic heterocycles. The number of aliphatic hydroxyl groups excluding tert-OH is 1. The number of aliphatic hydroxyl groups is 1. The number of carbonyl (C=O) groups is 1. The molecule has 0 saturated heterocycles. The summed E-state index contributed by atoms with van der Waals surface area (Å²) >= 11 is 0. The third kappa shape index (κ3) is 8.19. The van der Waals surface area contributed by atoms with Gasteiger partial charge in [-0.3, -0.25) is 4.72 Å². The molecule has 0 spiro atoms. The Balaban J connectivity index is 1.58. The van der Waals surface area contributed by atoms with Gasteiger partial charge in [0.25, 0.3) is 0 Å². The molecule has 0 bridgehead atoms. The molecule has 0 heterocycles. The van der Waals surface area contributed by atoms with Crippen LogP contribution in [0.4, 0.5) is 5.69 Å². The van der Waals surface area contributed by atoms with Crippen LogP contribution in [0.25, 0.3) is 11.1 Å². The molecule has 3 rings (SSSR count). The lowest BCUT2D eigenvalue weighted by atomic mass is 9.95. The number of sulfonamides is 1. The van der Waals surface area contributed by atoms with E-state index in [1.807, 2.05) is 38.1 Å². The van der Waals surface area contributed by atoms with E-state index in [2.05, 4.69) is 10.0 Å². The van der Waals surface area contributed by atoms with Gasteiger partial charge in [0, 0.05) is 12.6 Å². The van der Waals surface area contributed by atoms with Crippen LogP contribution in [-0.4, -0.2) is 56.7 Å². The van der Waals surface area contributed by atoms with Crippen LogP contribution >= 0.6 is 0 Å². The molecule has 3 aromatic rings. The van der Waals surface area contributed by atoms with Gasteiger partial charge in [-0.15, -0.1) is 0 Å². The zero-order valence-corrected chi connectivity index (χ0v) is 23.6. The number of esters is 1. The fourth-order valence-corrected chi connectivity index (χ4v) is 4.89. The number of benzene rings is 3. The molecule has 0 fully saturated rings. The Kier molecular flexibility index (Phi) is 9.96. The van der Waals surface area contributed by atoms with E-state index in [-0.39, 0.29) is 23.4 Å². The van der Waals surface area contributed by atoms with Gasteiger partial charge in [-0.25, -0.2) is 13.2 Å². The van der Waals surface area contributed by atoms with Crippen LogP contribution in [0, 0.1) is 13.8 Å². The highest BCUT2D eigenvalue weighted by molar-refractivity contribution is 7.92. The Morgan fingerprint density at radius 3 is 2.26 bits per heavy atom. The minimum atomic E-state index is -3.58. The standard InChI is InChI=1S/C29H36N2O7S/c1-6-37-29(34)22-9-7-21(8-10-22)27-18(2)15-24(16-19(27)3)38-14-13-30-20(4)28(33)23-11-12-26(32)25(17-23)31-39(5,35)36/h7-12,15-17,20,28,30-33H,6,13-14H2,1-5H3/t20-,28-/m0/s1. The Hall–Kier alpha value is -3.60. The van der Waals surface area contributed by atoms with Gasteiger partial charge in [0.2, 0.25) is 10.0 Å². The second-order valence-electron chi connectivity index (χ2n) is 9.42. The fourth-order valence-electron chi connectivity index (χ4n) is 4.32. The minimum absolute atomic E-state index is 0.00807. The summed E-state index contributed by atoms with van der Waals surface area (Å²) in [6.07, 6.45) is 0.0469. The number of aryl methyl sites for hydroxylation is 2. The molecule has 0 saturated carbocycles. The largest absolute Gasteiger partial charge is 0.506 e. The number of phenolic OH excluding ortho intramolecular Hbond substituents is 1. The molecule has 2 atom stereocenters. The van der Waals surface area contributed by atoms with E-state index in [1.54, 1.807) is 32.0 Å². The van der Waals surface area contributed by atoms with E-state index < -0.39 is 16.1 Å². The van der Waals surface area contributed by atoms with E-state index >= 15 is 0 Å². The van der Waals surface area contributed by atoms with Crippen LogP contribution in [-0.2, 0) is 14.8 Å².